The molecule has 2 saturated heterocycles. The van der Waals surface area contributed by atoms with Crippen molar-refractivity contribution in [2.75, 3.05) is 20.7 Å². The van der Waals surface area contributed by atoms with Gasteiger partial charge in [-0.2, -0.15) is 0 Å². The highest BCUT2D eigenvalue weighted by Gasteiger charge is 2.44. The molecule has 33 heavy (non-hydrogen) atoms. The molecular formula is C27H42FN3O2. The summed E-state index contributed by atoms with van der Waals surface area (Å²) in [4.78, 5) is 15.3. The molecule has 184 valence electrons. The Labute approximate surface area is 198 Å². The van der Waals surface area contributed by atoms with Crippen LogP contribution in [0.3, 0.4) is 0 Å². The lowest BCUT2D eigenvalue weighted by Crippen LogP contribution is -2.64. The van der Waals surface area contributed by atoms with Gasteiger partial charge >= 0.3 is 0 Å². The molecule has 1 spiro atoms. The molecule has 1 aliphatic carbocycles. The fraction of sp³-hybridized carbons (Fsp3) is 0.741. The van der Waals surface area contributed by atoms with Crippen molar-refractivity contribution in [2.45, 2.75) is 101 Å². The van der Waals surface area contributed by atoms with E-state index in [1.165, 1.54) is 44.6 Å². The number of carbonyl (C=O) groups excluding carboxylic acids is 1. The molecule has 2 heterocycles. The molecule has 6 heteroatoms. The van der Waals surface area contributed by atoms with Gasteiger partial charge in [0.2, 0.25) is 5.91 Å². The highest BCUT2D eigenvalue weighted by Crippen LogP contribution is 2.40. The molecule has 0 radical (unpaired) electrons. The Hall–Kier alpha value is -1.50. The number of likely N-dealkylation sites (tertiary alicyclic amines) is 1. The third-order valence-electron chi connectivity index (χ3n) is 8.38. The molecule has 1 aromatic carbocycles. The number of nitrogens with one attached hydrogen (secondary N) is 2. The topological polar surface area (TPSA) is 53.6 Å². The third kappa shape index (κ3) is 6.14. The Balaban J connectivity index is 1.48. The number of carbonyl (C=O) groups is 1. The van der Waals surface area contributed by atoms with E-state index in [4.69, 9.17) is 4.74 Å². The highest BCUT2D eigenvalue weighted by molar-refractivity contribution is 5.82. The maximum Gasteiger partial charge on any atom is 0.238 e. The molecule has 4 rings (SSSR count). The Kier molecular flexibility index (Phi) is 8.42. The fourth-order valence-electron chi connectivity index (χ4n) is 6.50. The molecule has 0 bridgehead atoms. The van der Waals surface area contributed by atoms with Crippen molar-refractivity contribution >= 4 is 5.91 Å². The largest absolute Gasteiger partial charge is 0.380 e. The molecule has 2 unspecified atom stereocenters. The van der Waals surface area contributed by atoms with Gasteiger partial charge in [0.05, 0.1) is 18.3 Å². The number of methoxy groups -OCH3 is 1. The molecular weight excluding hydrogens is 417 g/mol. The van der Waals surface area contributed by atoms with Crippen molar-refractivity contribution in [2.24, 2.45) is 5.92 Å². The van der Waals surface area contributed by atoms with E-state index in [0.717, 1.165) is 50.6 Å². The third-order valence-corrected chi connectivity index (χ3v) is 8.38. The summed E-state index contributed by atoms with van der Waals surface area (Å²) in [6.45, 7) is 0.798. The average molecular weight is 460 g/mol. The predicted octanol–water partition coefficient (Wildman–Crippen LogP) is 4.40. The zero-order valence-corrected chi connectivity index (χ0v) is 20.5. The Morgan fingerprint density at radius 1 is 1.18 bits per heavy atom. The van der Waals surface area contributed by atoms with Crippen LogP contribution in [0.25, 0.3) is 0 Å². The first-order chi connectivity index (χ1) is 16.0. The van der Waals surface area contributed by atoms with Crippen LogP contribution in [0.5, 0.6) is 0 Å². The van der Waals surface area contributed by atoms with Crippen LogP contribution >= 0.6 is 0 Å². The maximum absolute atomic E-state index is 13.9. The van der Waals surface area contributed by atoms with Gasteiger partial charge in [0.1, 0.15) is 5.82 Å². The van der Waals surface area contributed by atoms with Crippen molar-refractivity contribution in [1.82, 2.24) is 15.5 Å². The van der Waals surface area contributed by atoms with Gasteiger partial charge in [0.15, 0.2) is 0 Å². The van der Waals surface area contributed by atoms with Crippen molar-refractivity contribution in [3.8, 4) is 0 Å². The van der Waals surface area contributed by atoms with Gasteiger partial charge in [-0.3, -0.25) is 15.0 Å². The van der Waals surface area contributed by atoms with Crippen LogP contribution in [-0.2, 0) is 16.0 Å². The van der Waals surface area contributed by atoms with Crippen LogP contribution in [-0.4, -0.2) is 55.4 Å². The van der Waals surface area contributed by atoms with E-state index in [0.29, 0.717) is 5.92 Å². The zero-order chi connectivity index (χ0) is 23.3. The number of halogens is 1. The van der Waals surface area contributed by atoms with Crippen molar-refractivity contribution in [1.29, 1.82) is 0 Å². The molecule has 2 aliphatic heterocycles. The van der Waals surface area contributed by atoms with Crippen LogP contribution in [0.1, 0.15) is 76.2 Å². The van der Waals surface area contributed by atoms with Crippen LogP contribution in [0.15, 0.2) is 24.3 Å². The highest BCUT2D eigenvalue weighted by atomic mass is 19.1. The molecule has 1 amide bonds. The van der Waals surface area contributed by atoms with Crippen molar-refractivity contribution < 1.29 is 13.9 Å². The number of hydrogen-bond donors (Lipinski definition) is 2. The second-order valence-electron chi connectivity index (χ2n) is 10.6. The lowest BCUT2D eigenvalue weighted by atomic mass is 9.69. The second kappa shape index (κ2) is 11.3. The van der Waals surface area contributed by atoms with Crippen LogP contribution in [0.4, 0.5) is 4.39 Å². The van der Waals surface area contributed by atoms with E-state index >= 15 is 0 Å². The van der Waals surface area contributed by atoms with Crippen molar-refractivity contribution in [3.63, 3.8) is 0 Å². The lowest BCUT2D eigenvalue weighted by molar-refractivity contribution is -0.126. The minimum atomic E-state index is -0.153. The molecule has 1 saturated carbocycles. The minimum absolute atomic E-state index is 0.00277. The quantitative estimate of drug-likeness (QED) is 0.685. The zero-order valence-electron chi connectivity index (χ0n) is 20.5. The van der Waals surface area contributed by atoms with E-state index in [-0.39, 0.29) is 35.6 Å². The van der Waals surface area contributed by atoms with E-state index in [1.807, 2.05) is 13.1 Å². The summed E-state index contributed by atoms with van der Waals surface area (Å²) >= 11 is 0. The first-order valence-electron chi connectivity index (χ1n) is 13.0. The maximum atomic E-state index is 13.9. The van der Waals surface area contributed by atoms with Gasteiger partial charge in [-0.25, -0.2) is 4.39 Å². The number of piperidine rings is 1. The fourth-order valence-corrected chi connectivity index (χ4v) is 6.50. The smallest absolute Gasteiger partial charge is 0.238 e. The summed E-state index contributed by atoms with van der Waals surface area (Å²) in [5.41, 5.74) is 1.09. The van der Waals surface area contributed by atoms with E-state index in [1.54, 1.807) is 13.2 Å². The molecule has 3 aliphatic rings. The molecule has 3 fully saturated rings. The predicted molar refractivity (Wildman–Crippen MR) is 129 cm³/mol. The average Bonchev–Trinajstić information content (AvgIpc) is 3.22. The number of likely N-dealkylation sites (N-methyl/N-ethyl adjacent to an activating group) is 1. The van der Waals surface area contributed by atoms with Gasteiger partial charge in [-0.15, -0.1) is 0 Å². The molecule has 2 N–H and O–H groups in total. The lowest BCUT2D eigenvalue weighted by Gasteiger charge is -2.49. The molecule has 0 aromatic heterocycles. The molecule has 5 nitrogen and oxygen atoms in total. The van der Waals surface area contributed by atoms with Crippen LogP contribution < -0.4 is 10.6 Å². The van der Waals surface area contributed by atoms with E-state index in [2.05, 4.69) is 21.6 Å². The summed E-state index contributed by atoms with van der Waals surface area (Å²) in [5.74, 6) is 0.411. The summed E-state index contributed by atoms with van der Waals surface area (Å²) in [6, 6.07) is 6.97. The molecule has 1 aromatic rings. The number of nitrogens with zero attached hydrogens (tertiary/aromatic N) is 1. The molecule has 4 atom stereocenters. The van der Waals surface area contributed by atoms with Gasteiger partial charge in [-0.05, 0) is 69.2 Å². The summed E-state index contributed by atoms with van der Waals surface area (Å²) in [6.07, 6.45) is 13.6. The number of hydrogen-bond acceptors (Lipinski definition) is 4. The van der Waals surface area contributed by atoms with Gasteiger partial charge in [0.25, 0.3) is 0 Å². The van der Waals surface area contributed by atoms with Crippen LogP contribution in [0.2, 0.25) is 0 Å². The number of ether oxygens (including phenoxy) is 1. The normalized spacial score (nSPS) is 31.0. The Morgan fingerprint density at radius 3 is 2.58 bits per heavy atom. The SMILES string of the molecule is CO[C@H]1C[C@@H](C(=O)NC2CCC(Cc3cccc(F)c3)C3(CCCCCCCC3)N2)N(C)C1. The van der Waals surface area contributed by atoms with Gasteiger partial charge < -0.3 is 10.1 Å². The summed E-state index contributed by atoms with van der Waals surface area (Å²) in [5, 5.41) is 7.31. The van der Waals surface area contributed by atoms with E-state index < -0.39 is 0 Å². The van der Waals surface area contributed by atoms with Gasteiger partial charge in [0, 0.05) is 19.2 Å². The number of amides is 1. The monoisotopic (exact) mass is 459 g/mol. The first kappa shape index (κ1) is 24.6. The minimum Gasteiger partial charge on any atom is -0.380 e. The summed E-state index contributed by atoms with van der Waals surface area (Å²) < 4.78 is 19.4. The van der Waals surface area contributed by atoms with E-state index in [9.17, 15) is 9.18 Å². The Morgan fingerprint density at radius 2 is 1.91 bits per heavy atom. The van der Waals surface area contributed by atoms with Crippen LogP contribution in [0, 0.1) is 11.7 Å². The Bertz CT molecular complexity index is 778. The first-order valence-corrected chi connectivity index (χ1v) is 13.0. The summed E-state index contributed by atoms with van der Waals surface area (Å²) in [7, 11) is 3.73. The number of benzene rings is 1. The number of rotatable bonds is 5. The second-order valence-corrected chi connectivity index (χ2v) is 10.6. The van der Waals surface area contributed by atoms with Gasteiger partial charge in [-0.1, -0.05) is 50.7 Å². The van der Waals surface area contributed by atoms with Crippen molar-refractivity contribution in [3.05, 3.63) is 35.6 Å². The standard InChI is InChI=1S/C27H42FN3O2/c1-31-19-23(33-2)18-24(31)26(32)29-25-13-12-21(16-20-10-9-11-22(28)17-20)27(30-25)14-7-5-3-4-6-8-15-27/h9-11,17,21,23-25,30H,3-8,12-16,18-19H2,1-2H3,(H,29,32)/t21?,23-,24-,25?/m0/s1.